The van der Waals surface area contributed by atoms with Crippen molar-refractivity contribution in [2.24, 2.45) is 0 Å². The van der Waals surface area contributed by atoms with Gasteiger partial charge in [-0.15, -0.1) is 0 Å². The van der Waals surface area contributed by atoms with Gasteiger partial charge in [-0.2, -0.15) is 5.26 Å². The van der Waals surface area contributed by atoms with Gasteiger partial charge in [0.2, 0.25) is 0 Å². The van der Waals surface area contributed by atoms with Gasteiger partial charge in [-0.3, -0.25) is 9.69 Å². The van der Waals surface area contributed by atoms with Crippen LogP contribution < -0.4 is 5.32 Å². The van der Waals surface area contributed by atoms with Crippen LogP contribution in [0.4, 0.5) is 0 Å². The van der Waals surface area contributed by atoms with Crippen molar-refractivity contribution in [1.82, 2.24) is 10.2 Å². The summed E-state index contributed by atoms with van der Waals surface area (Å²) in [6.45, 7) is 3.77. The van der Waals surface area contributed by atoms with Gasteiger partial charge >= 0.3 is 0 Å². The average Bonchev–Trinajstić information content (AvgIpc) is 3.23. The van der Waals surface area contributed by atoms with E-state index < -0.39 is 0 Å². The molecule has 0 aromatic heterocycles. The molecule has 1 amide bonds. The SMILES string of the molecule is CCOC1CN(C(c2ccc(Cl)cc2)c2ccc(Cl)cc2)CC1NC(=O)c1ccc(C#N)cc1. The monoisotopic (exact) mass is 493 g/mol. The minimum absolute atomic E-state index is 0.0469. The molecule has 1 heterocycles. The van der Waals surface area contributed by atoms with E-state index in [0.717, 1.165) is 11.1 Å². The third-order valence-electron chi connectivity index (χ3n) is 6.00. The van der Waals surface area contributed by atoms with Crippen molar-refractivity contribution in [3.8, 4) is 6.07 Å². The van der Waals surface area contributed by atoms with Gasteiger partial charge in [0.25, 0.3) is 5.91 Å². The number of nitriles is 1. The molecule has 1 aliphatic rings. The average molecular weight is 494 g/mol. The van der Waals surface area contributed by atoms with Crippen LogP contribution in [-0.2, 0) is 4.74 Å². The second-order valence-corrected chi connectivity index (χ2v) is 9.10. The van der Waals surface area contributed by atoms with Crippen molar-refractivity contribution in [3.63, 3.8) is 0 Å². The number of nitrogens with zero attached hydrogens (tertiary/aromatic N) is 2. The maximum absolute atomic E-state index is 12.9. The molecule has 0 spiro atoms. The number of rotatable bonds is 7. The highest BCUT2D eigenvalue weighted by molar-refractivity contribution is 6.30. The minimum atomic E-state index is -0.190. The minimum Gasteiger partial charge on any atom is -0.375 e. The summed E-state index contributed by atoms with van der Waals surface area (Å²) in [6.07, 6.45) is -0.158. The first-order valence-electron chi connectivity index (χ1n) is 11.2. The number of ether oxygens (including phenoxy) is 1. The molecule has 174 valence electrons. The Hall–Kier alpha value is -2.88. The van der Waals surface area contributed by atoms with Gasteiger partial charge in [-0.1, -0.05) is 47.5 Å². The molecular formula is C27H25Cl2N3O2. The third kappa shape index (κ3) is 5.60. The Bertz CT molecular complexity index is 1110. The molecule has 0 aliphatic carbocycles. The van der Waals surface area contributed by atoms with Crippen LogP contribution in [0, 0.1) is 11.3 Å². The van der Waals surface area contributed by atoms with Crippen LogP contribution >= 0.6 is 23.2 Å². The number of hydrogen-bond acceptors (Lipinski definition) is 4. The van der Waals surface area contributed by atoms with Gasteiger partial charge in [-0.05, 0) is 66.6 Å². The number of amides is 1. The number of hydrogen-bond donors (Lipinski definition) is 1. The Balaban J connectivity index is 1.59. The van der Waals surface area contributed by atoms with Crippen molar-refractivity contribution in [1.29, 1.82) is 5.26 Å². The van der Waals surface area contributed by atoms with Crippen LogP contribution in [-0.4, -0.2) is 42.6 Å². The summed E-state index contributed by atoms with van der Waals surface area (Å²) < 4.78 is 6.04. The Morgan fingerprint density at radius 3 is 2.06 bits per heavy atom. The number of nitrogens with one attached hydrogen (secondary N) is 1. The van der Waals surface area contributed by atoms with Crippen LogP contribution in [0.5, 0.6) is 0 Å². The molecule has 1 fully saturated rings. The fraction of sp³-hybridized carbons (Fsp3) is 0.259. The second kappa shape index (κ2) is 11.0. The van der Waals surface area contributed by atoms with Gasteiger partial charge in [0.1, 0.15) is 0 Å². The molecule has 3 aromatic carbocycles. The number of likely N-dealkylation sites (tertiary alicyclic amines) is 1. The van der Waals surface area contributed by atoms with Crippen molar-refractivity contribution >= 4 is 29.1 Å². The summed E-state index contributed by atoms with van der Waals surface area (Å²) in [6, 6.07) is 24.1. The van der Waals surface area contributed by atoms with E-state index >= 15 is 0 Å². The first kappa shape index (κ1) is 24.3. The van der Waals surface area contributed by atoms with Crippen LogP contribution in [0.1, 0.15) is 40.0 Å². The first-order chi connectivity index (χ1) is 16.5. The van der Waals surface area contributed by atoms with Crippen LogP contribution in [0.15, 0.2) is 72.8 Å². The van der Waals surface area contributed by atoms with Gasteiger partial charge in [-0.25, -0.2) is 0 Å². The molecule has 0 saturated carbocycles. The summed E-state index contributed by atoms with van der Waals surface area (Å²) in [4.78, 5) is 15.3. The van der Waals surface area contributed by atoms with Crippen molar-refractivity contribution in [3.05, 3.63) is 105 Å². The van der Waals surface area contributed by atoms with Crippen LogP contribution in [0.2, 0.25) is 10.0 Å². The van der Waals surface area contributed by atoms with Crippen molar-refractivity contribution < 1.29 is 9.53 Å². The van der Waals surface area contributed by atoms with Gasteiger partial charge in [0.05, 0.1) is 29.8 Å². The van der Waals surface area contributed by atoms with Crippen molar-refractivity contribution in [2.45, 2.75) is 25.1 Å². The molecule has 3 aromatic rings. The Labute approximate surface area is 209 Å². The zero-order chi connectivity index (χ0) is 24.1. The fourth-order valence-electron chi connectivity index (χ4n) is 4.39. The lowest BCUT2D eigenvalue weighted by Gasteiger charge is -2.29. The summed E-state index contributed by atoms with van der Waals surface area (Å²) in [5.74, 6) is -0.185. The molecule has 2 unspecified atom stereocenters. The topological polar surface area (TPSA) is 65.4 Å². The van der Waals surface area contributed by atoms with E-state index in [0.29, 0.717) is 40.9 Å². The van der Waals surface area contributed by atoms with E-state index in [9.17, 15) is 4.79 Å². The molecule has 0 radical (unpaired) electrons. The standard InChI is InChI=1S/C27H25Cl2N3O2/c1-2-34-25-17-32(16-24(25)31-27(33)21-5-3-18(15-30)4-6-21)26(19-7-11-22(28)12-8-19)20-9-13-23(29)14-10-20/h3-14,24-26H,2,16-17H2,1H3,(H,31,33). The Morgan fingerprint density at radius 1 is 1.00 bits per heavy atom. The van der Waals surface area contributed by atoms with E-state index in [2.05, 4.69) is 16.3 Å². The summed E-state index contributed by atoms with van der Waals surface area (Å²) >= 11 is 12.3. The number of benzene rings is 3. The number of carbonyl (C=O) groups excluding carboxylic acids is 1. The van der Waals surface area contributed by atoms with E-state index in [1.54, 1.807) is 24.3 Å². The highest BCUT2D eigenvalue weighted by Gasteiger charge is 2.38. The zero-order valence-corrected chi connectivity index (χ0v) is 20.3. The normalized spacial score (nSPS) is 18.1. The van der Waals surface area contributed by atoms with E-state index in [1.165, 1.54) is 0 Å². The molecule has 5 nitrogen and oxygen atoms in total. The first-order valence-corrected chi connectivity index (χ1v) is 11.9. The highest BCUT2D eigenvalue weighted by Crippen LogP contribution is 2.33. The Morgan fingerprint density at radius 2 is 1.56 bits per heavy atom. The quantitative estimate of drug-likeness (QED) is 0.473. The molecule has 7 heteroatoms. The summed E-state index contributed by atoms with van der Waals surface area (Å²) in [5.41, 5.74) is 3.23. The number of halogens is 2. The van der Waals surface area contributed by atoms with Gasteiger partial charge in [0.15, 0.2) is 0 Å². The summed E-state index contributed by atoms with van der Waals surface area (Å²) in [7, 11) is 0. The second-order valence-electron chi connectivity index (χ2n) is 8.22. The van der Waals surface area contributed by atoms with Crippen molar-refractivity contribution in [2.75, 3.05) is 19.7 Å². The lowest BCUT2D eigenvalue weighted by atomic mass is 9.97. The molecule has 0 bridgehead atoms. The van der Waals surface area contributed by atoms with Crippen LogP contribution in [0.25, 0.3) is 0 Å². The largest absolute Gasteiger partial charge is 0.375 e. The molecule has 34 heavy (non-hydrogen) atoms. The zero-order valence-electron chi connectivity index (χ0n) is 18.7. The molecule has 4 rings (SSSR count). The van der Waals surface area contributed by atoms with Crippen LogP contribution in [0.3, 0.4) is 0 Å². The van der Waals surface area contributed by atoms with E-state index in [-0.39, 0.29) is 24.1 Å². The van der Waals surface area contributed by atoms with Gasteiger partial charge < -0.3 is 10.1 Å². The molecule has 2 atom stereocenters. The van der Waals surface area contributed by atoms with Gasteiger partial charge in [0, 0.05) is 35.3 Å². The number of carbonyl (C=O) groups is 1. The lowest BCUT2D eigenvalue weighted by molar-refractivity contribution is 0.0490. The van der Waals surface area contributed by atoms with E-state index in [1.807, 2.05) is 55.5 Å². The van der Waals surface area contributed by atoms with E-state index in [4.69, 9.17) is 33.2 Å². The predicted molar refractivity (Wildman–Crippen MR) is 134 cm³/mol. The maximum atomic E-state index is 12.9. The molecule has 1 saturated heterocycles. The summed E-state index contributed by atoms with van der Waals surface area (Å²) in [5, 5.41) is 13.5. The fourth-order valence-corrected chi connectivity index (χ4v) is 4.64. The maximum Gasteiger partial charge on any atom is 0.251 e. The molecule has 1 aliphatic heterocycles. The predicted octanol–water partition coefficient (Wildman–Crippen LogP) is 5.47. The molecule has 1 N–H and O–H groups in total. The Kier molecular flexibility index (Phi) is 7.87. The third-order valence-corrected chi connectivity index (χ3v) is 6.51. The highest BCUT2D eigenvalue weighted by atomic mass is 35.5. The molecular weight excluding hydrogens is 469 g/mol. The lowest BCUT2D eigenvalue weighted by Crippen LogP contribution is -2.44. The smallest absolute Gasteiger partial charge is 0.251 e.